The topological polar surface area (TPSA) is 17.1 Å². The highest BCUT2D eigenvalue weighted by molar-refractivity contribution is 9.10. The number of ketones is 1. The Bertz CT molecular complexity index is 453. The number of alkyl halides is 5. The average molecular weight is 317 g/mol. The van der Waals surface area contributed by atoms with E-state index in [1.54, 1.807) is 0 Å². The van der Waals surface area contributed by atoms with Crippen LogP contribution in [-0.2, 0) is 6.18 Å². The van der Waals surface area contributed by atoms with Crippen molar-refractivity contribution in [3.63, 3.8) is 0 Å². The minimum Gasteiger partial charge on any atom is -0.295 e. The fourth-order valence-electron chi connectivity index (χ4n) is 1.28. The molecule has 7 heteroatoms. The summed E-state index contributed by atoms with van der Waals surface area (Å²) in [5.74, 6) is -0.628. The van der Waals surface area contributed by atoms with E-state index in [1.165, 1.54) is 0 Å². The van der Waals surface area contributed by atoms with Gasteiger partial charge in [-0.05, 0) is 19.1 Å². The van der Waals surface area contributed by atoms with Gasteiger partial charge in [0.2, 0.25) is 0 Å². The second-order valence-corrected chi connectivity index (χ2v) is 4.13. The molecule has 0 atom stereocenters. The summed E-state index contributed by atoms with van der Waals surface area (Å²) in [5.41, 5.74) is -2.91. The smallest absolute Gasteiger partial charge is 0.295 e. The average Bonchev–Trinajstić information content (AvgIpc) is 2.14. The third-order valence-corrected chi connectivity index (χ3v) is 2.72. The van der Waals surface area contributed by atoms with Crippen LogP contribution >= 0.6 is 15.9 Å². The highest BCUT2D eigenvalue weighted by Crippen LogP contribution is 2.40. The van der Waals surface area contributed by atoms with Gasteiger partial charge in [-0.25, -0.2) is 8.78 Å². The van der Waals surface area contributed by atoms with Crippen molar-refractivity contribution in [1.82, 2.24) is 0 Å². The molecule has 0 fully saturated rings. The monoisotopic (exact) mass is 316 g/mol. The maximum absolute atomic E-state index is 12.6. The fraction of sp³-hybridized carbons (Fsp3) is 0.300. The van der Waals surface area contributed by atoms with Crippen molar-refractivity contribution in [1.29, 1.82) is 0 Å². The molecule has 94 valence electrons. The predicted molar refractivity (Wildman–Crippen MR) is 54.1 cm³/mol. The number of Topliss-reactive ketones (excluding diaryl/α,β-unsaturated/α-hetero) is 1. The highest BCUT2D eigenvalue weighted by atomic mass is 79.9. The van der Waals surface area contributed by atoms with Crippen molar-refractivity contribution in [2.24, 2.45) is 0 Å². The summed E-state index contributed by atoms with van der Waals surface area (Å²) in [5, 5.41) is 0. The summed E-state index contributed by atoms with van der Waals surface area (Å²) in [6.07, 6.45) is -8.21. The summed E-state index contributed by atoms with van der Waals surface area (Å²) in [6.45, 7) is 1.06. The van der Waals surface area contributed by atoms with Gasteiger partial charge in [0.15, 0.2) is 5.78 Å². The Morgan fingerprint density at radius 3 is 2.18 bits per heavy atom. The lowest BCUT2D eigenvalue weighted by Gasteiger charge is -2.15. The summed E-state index contributed by atoms with van der Waals surface area (Å²) in [7, 11) is 0. The molecule has 0 amide bonds. The highest BCUT2D eigenvalue weighted by Gasteiger charge is 2.37. The van der Waals surface area contributed by atoms with Crippen molar-refractivity contribution >= 4 is 21.7 Å². The molecular weight excluding hydrogens is 311 g/mol. The van der Waals surface area contributed by atoms with E-state index in [1.807, 2.05) is 0 Å². The van der Waals surface area contributed by atoms with Crippen LogP contribution < -0.4 is 0 Å². The minimum absolute atomic E-state index is 0.270. The number of carbonyl (C=O) groups is 1. The van der Waals surface area contributed by atoms with Gasteiger partial charge in [0, 0.05) is 15.6 Å². The third-order valence-electron chi connectivity index (χ3n) is 2.06. The second kappa shape index (κ2) is 4.72. The molecule has 0 aliphatic carbocycles. The van der Waals surface area contributed by atoms with Crippen LogP contribution in [0.2, 0.25) is 0 Å². The molecule has 0 radical (unpaired) electrons. The molecule has 1 rings (SSSR count). The zero-order valence-corrected chi connectivity index (χ0v) is 9.99. The molecule has 17 heavy (non-hydrogen) atoms. The van der Waals surface area contributed by atoms with E-state index in [9.17, 15) is 26.7 Å². The molecule has 0 aliphatic heterocycles. The molecule has 0 saturated carbocycles. The van der Waals surface area contributed by atoms with Crippen LogP contribution in [0, 0.1) is 0 Å². The third kappa shape index (κ3) is 3.02. The number of hydrogen-bond acceptors (Lipinski definition) is 1. The summed E-state index contributed by atoms with van der Waals surface area (Å²) >= 11 is 2.63. The lowest BCUT2D eigenvalue weighted by Crippen LogP contribution is -2.12. The molecule has 0 bridgehead atoms. The molecule has 0 N–H and O–H groups in total. The molecule has 1 nitrogen and oxygen atoms in total. The molecule has 0 aliphatic rings. The van der Waals surface area contributed by atoms with Gasteiger partial charge in [-0.3, -0.25) is 4.79 Å². The second-order valence-electron chi connectivity index (χ2n) is 3.27. The van der Waals surface area contributed by atoms with Crippen LogP contribution in [-0.4, -0.2) is 5.78 Å². The van der Waals surface area contributed by atoms with Gasteiger partial charge < -0.3 is 0 Å². The SMILES string of the molecule is CC(=O)c1cc(Br)c(C(F)F)c(C(F)(F)F)c1. The first-order valence-electron chi connectivity index (χ1n) is 4.34. The molecule has 1 aromatic carbocycles. The van der Waals surface area contributed by atoms with Gasteiger partial charge in [-0.1, -0.05) is 15.9 Å². The Morgan fingerprint density at radius 1 is 1.29 bits per heavy atom. The maximum Gasteiger partial charge on any atom is 0.416 e. The van der Waals surface area contributed by atoms with E-state index in [2.05, 4.69) is 15.9 Å². The molecule has 0 spiro atoms. The Balaban J connectivity index is 3.57. The van der Waals surface area contributed by atoms with Gasteiger partial charge in [-0.15, -0.1) is 0 Å². The molecule has 0 heterocycles. The van der Waals surface area contributed by atoms with Crippen LogP contribution in [0.15, 0.2) is 16.6 Å². The molecule has 0 aromatic heterocycles. The number of rotatable bonds is 2. The van der Waals surface area contributed by atoms with Gasteiger partial charge >= 0.3 is 6.18 Å². The van der Waals surface area contributed by atoms with Crippen molar-refractivity contribution in [2.45, 2.75) is 19.5 Å². The largest absolute Gasteiger partial charge is 0.416 e. The standard InChI is InChI=1S/C10H6BrF5O/c1-4(17)5-2-6(10(14,15)16)8(9(12)13)7(11)3-5/h2-3,9H,1H3. The van der Waals surface area contributed by atoms with E-state index in [-0.39, 0.29) is 5.56 Å². The van der Waals surface area contributed by atoms with Gasteiger partial charge in [0.1, 0.15) is 0 Å². The van der Waals surface area contributed by atoms with E-state index in [4.69, 9.17) is 0 Å². The lowest BCUT2D eigenvalue weighted by atomic mass is 10.0. The molecule has 1 aromatic rings. The number of carbonyl (C=O) groups excluding carboxylic acids is 1. The Kier molecular flexibility index (Phi) is 3.91. The summed E-state index contributed by atoms with van der Waals surface area (Å²) in [6, 6.07) is 1.40. The fourth-order valence-corrected chi connectivity index (χ4v) is 1.91. The van der Waals surface area contributed by atoms with Crippen molar-refractivity contribution in [3.8, 4) is 0 Å². The minimum atomic E-state index is -4.93. The van der Waals surface area contributed by atoms with Crippen molar-refractivity contribution in [3.05, 3.63) is 33.3 Å². The first-order valence-corrected chi connectivity index (χ1v) is 5.13. The van der Waals surface area contributed by atoms with Gasteiger partial charge in [0.25, 0.3) is 6.43 Å². The number of halogens is 6. The van der Waals surface area contributed by atoms with E-state index >= 15 is 0 Å². The van der Waals surface area contributed by atoms with Crippen molar-refractivity contribution < 1.29 is 26.7 Å². The predicted octanol–water partition coefficient (Wildman–Crippen LogP) is 4.61. The zero-order valence-electron chi connectivity index (χ0n) is 8.41. The van der Waals surface area contributed by atoms with E-state index in [0.29, 0.717) is 6.07 Å². The number of hydrogen-bond donors (Lipinski definition) is 0. The quantitative estimate of drug-likeness (QED) is 0.575. The Morgan fingerprint density at radius 2 is 1.82 bits per heavy atom. The molecule has 0 saturated heterocycles. The normalized spacial score (nSPS) is 12.0. The summed E-state index contributed by atoms with van der Waals surface area (Å²) in [4.78, 5) is 11.0. The Hall–Kier alpha value is -0.980. The van der Waals surface area contributed by atoms with Crippen LogP contribution in [0.3, 0.4) is 0 Å². The lowest BCUT2D eigenvalue weighted by molar-refractivity contribution is -0.139. The van der Waals surface area contributed by atoms with E-state index < -0.39 is 34.0 Å². The summed E-state index contributed by atoms with van der Waals surface area (Å²) < 4.78 is 62.3. The molecular formula is C10H6BrF5O. The molecule has 0 unspecified atom stereocenters. The van der Waals surface area contributed by atoms with Gasteiger partial charge in [-0.2, -0.15) is 13.2 Å². The van der Waals surface area contributed by atoms with E-state index in [0.717, 1.165) is 13.0 Å². The van der Waals surface area contributed by atoms with Gasteiger partial charge in [0.05, 0.1) is 5.56 Å². The van der Waals surface area contributed by atoms with Crippen LogP contribution in [0.25, 0.3) is 0 Å². The van der Waals surface area contributed by atoms with Crippen LogP contribution in [0.4, 0.5) is 22.0 Å². The first-order chi connectivity index (χ1) is 7.64. The van der Waals surface area contributed by atoms with Crippen molar-refractivity contribution in [2.75, 3.05) is 0 Å². The van der Waals surface area contributed by atoms with Crippen LogP contribution in [0.1, 0.15) is 34.8 Å². The zero-order chi connectivity index (χ0) is 13.4. The van der Waals surface area contributed by atoms with Crippen LogP contribution in [0.5, 0.6) is 0 Å². The number of benzene rings is 1. The first kappa shape index (κ1) is 14.1. The maximum atomic E-state index is 12.6. The Labute approximate surface area is 102 Å².